The molecule has 0 amide bonds. The van der Waals surface area contributed by atoms with Crippen molar-refractivity contribution in [2.75, 3.05) is 14.2 Å². The maximum absolute atomic E-state index is 14.1. The van der Waals surface area contributed by atoms with Crippen molar-refractivity contribution >= 4 is 22.7 Å². The minimum atomic E-state index is -1.74. The number of Topliss-reactive ketones (excluding diaryl/α,β-unsaturated/α-hetero) is 1. The Balaban J connectivity index is 2.00. The topological polar surface area (TPSA) is 108 Å². The molecule has 1 heterocycles. The molecule has 3 aromatic rings. The maximum Gasteiger partial charge on any atom is 0.377 e. The van der Waals surface area contributed by atoms with Crippen LogP contribution < -0.4 is 14.2 Å². The van der Waals surface area contributed by atoms with Crippen LogP contribution >= 0.6 is 0 Å². The average Bonchev–Trinajstić information content (AvgIpc) is 2.66. The lowest BCUT2D eigenvalue weighted by molar-refractivity contribution is -0.131. The molecule has 0 fully saturated rings. The number of aliphatic carboxylic acids is 1. The van der Waals surface area contributed by atoms with Crippen LogP contribution in [0.15, 0.2) is 36.7 Å². The van der Waals surface area contributed by atoms with Gasteiger partial charge in [0.15, 0.2) is 11.5 Å². The van der Waals surface area contributed by atoms with E-state index < -0.39 is 23.1 Å². The fraction of sp³-hybridized carbons (Fsp3) is 0.111. The van der Waals surface area contributed by atoms with Crippen LogP contribution in [0.3, 0.4) is 0 Å². The summed E-state index contributed by atoms with van der Waals surface area (Å²) in [5.74, 6) is -3.05. The van der Waals surface area contributed by atoms with Gasteiger partial charge in [0.25, 0.3) is 5.78 Å². The number of carboxylic acids is 1. The zero-order chi connectivity index (χ0) is 19.6. The van der Waals surface area contributed by atoms with Gasteiger partial charge < -0.3 is 19.3 Å². The van der Waals surface area contributed by atoms with Crippen molar-refractivity contribution in [3.05, 3.63) is 48.0 Å². The standard InChI is InChI=1S/C18H13FN2O6/c1-25-14-6-11-13(7-15(14)26-2)20-8-21-17(11)27-9-3-4-10(12(19)5-9)16(22)18(23)24/h3-8H,1-2H3,(H,23,24). The van der Waals surface area contributed by atoms with Gasteiger partial charge in [0, 0.05) is 12.1 Å². The number of carbonyl (C=O) groups excluding carboxylic acids is 1. The number of ether oxygens (including phenoxy) is 3. The second kappa shape index (κ2) is 7.24. The third-order valence-corrected chi connectivity index (χ3v) is 3.70. The molecule has 27 heavy (non-hydrogen) atoms. The third-order valence-electron chi connectivity index (χ3n) is 3.70. The van der Waals surface area contributed by atoms with Gasteiger partial charge in [-0.3, -0.25) is 4.79 Å². The monoisotopic (exact) mass is 372 g/mol. The van der Waals surface area contributed by atoms with Crippen LogP contribution in [0.25, 0.3) is 10.9 Å². The Bertz CT molecular complexity index is 1050. The quantitative estimate of drug-likeness (QED) is 0.520. The van der Waals surface area contributed by atoms with Crippen molar-refractivity contribution in [1.29, 1.82) is 0 Å². The number of rotatable bonds is 6. The van der Waals surface area contributed by atoms with Gasteiger partial charge in [0.2, 0.25) is 5.88 Å². The Morgan fingerprint density at radius 3 is 2.37 bits per heavy atom. The van der Waals surface area contributed by atoms with Crippen LogP contribution in [0.2, 0.25) is 0 Å². The number of hydrogen-bond donors (Lipinski definition) is 1. The van der Waals surface area contributed by atoms with Crippen molar-refractivity contribution < 1.29 is 33.3 Å². The van der Waals surface area contributed by atoms with Crippen molar-refractivity contribution in [2.45, 2.75) is 0 Å². The number of ketones is 1. The summed E-state index contributed by atoms with van der Waals surface area (Å²) in [5.41, 5.74) is -0.0513. The van der Waals surface area contributed by atoms with Crippen molar-refractivity contribution in [1.82, 2.24) is 9.97 Å². The van der Waals surface area contributed by atoms with E-state index in [1.165, 1.54) is 26.6 Å². The molecule has 0 saturated heterocycles. The second-order valence-corrected chi connectivity index (χ2v) is 5.28. The first-order valence-corrected chi connectivity index (χ1v) is 7.56. The van der Waals surface area contributed by atoms with E-state index in [9.17, 15) is 14.0 Å². The fourth-order valence-electron chi connectivity index (χ4n) is 2.41. The van der Waals surface area contributed by atoms with E-state index in [0.29, 0.717) is 22.4 Å². The highest BCUT2D eigenvalue weighted by molar-refractivity contribution is 6.39. The van der Waals surface area contributed by atoms with Crippen molar-refractivity contribution in [2.24, 2.45) is 0 Å². The van der Waals surface area contributed by atoms with Gasteiger partial charge in [-0.1, -0.05) is 0 Å². The first-order chi connectivity index (χ1) is 12.9. The van der Waals surface area contributed by atoms with E-state index in [2.05, 4.69) is 9.97 Å². The van der Waals surface area contributed by atoms with Crippen LogP contribution in [-0.4, -0.2) is 41.0 Å². The zero-order valence-electron chi connectivity index (χ0n) is 14.2. The van der Waals surface area contributed by atoms with Gasteiger partial charge in [-0.15, -0.1) is 0 Å². The summed E-state index contributed by atoms with van der Waals surface area (Å²) < 4.78 is 30.1. The van der Waals surface area contributed by atoms with Crippen LogP contribution in [0.5, 0.6) is 23.1 Å². The lowest BCUT2D eigenvalue weighted by Gasteiger charge is -2.11. The van der Waals surface area contributed by atoms with Crippen LogP contribution in [0.4, 0.5) is 4.39 Å². The molecule has 0 aliphatic carbocycles. The summed E-state index contributed by atoms with van der Waals surface area (Å²) in [6.07, 6.45) is 1.27. The Morgan fingerprint density at radius 2 is 1.74 bits per heavy atom. The van der Waals surface area contributed by atoms with Gasteiger partial charge >= 0.3 is 5.97 Å². The zero-order valence-corrected chi connectivity index (χ0v) is 14.2. The summed E-state index contributed by atoms with van der Waals surface area (Å²) in [4.78, 5) is 30.3. The number of methoxy groups -OCH3 is 2. The van der Waals surface area contributed by atoms with Gasteiger partial charge in [0.05, 0.1) is 30.7 Å². The molecule has 8 nitrogen and oxygen atoms in total. The van der Waals surface area contributed by atoms with Gasteiger partial charge in [-0.2, -0.15) is 0 Å². The highest BCUT2D eigenvalue weighted by atomic mass is 19.1. The van der Waals surface area contributed by atoms with E-state index in [-0.39, 0.29) is 11.6 Å². The number of fused-ring (bicyclic) bond motifs is 1. The predicted octanol–water partition coefficient (Wildman–Crippen LogP) is 2.85. The number of nitrogens with zero attached hydrogens (tertiary/aromatic N) is 2. The second-order valence-electron chi connectivity index (χ2n) is 5.28. The molecule has 138 valence electrons. The first kappa shape index (κ1) is 18.1. The molecule has 9 heteroatoms. The minimum absolute atomic E-state index is 0.0317. The molecular weight excluding hydrogens is 359 g/mol. The van der Waals surface area contributed by atoms with Crippen LogP contribution in [-0.2, 0) is 4.79 Å². The highest BCUT2D eigenvalue weighted by Crippen LogP contribution is 2.35. The van der Waals surface area contributed by atoms with Gasteiger partial charge in [-0.25, -0.2) is 19.2 Å². The molecule has 0 radical (unpaired) electrons. The molecule has 0 saturated carbocycles. The minimum Gasteiger partial charge on any atom is -0.493 e. The molecule has 3 rings (SSSR count). The van der Waals surface area contributed by atoms with E-state index in [1.807, 2.05) is 0 Å². The molecule has 2 aromatic carbocycles. The summed E-state index contributed by atoms with van der Waals surface area (Å²) in [6.45, 7) is 0. The van der Waals surface area contributed by atoms with E-state index in [1.54, 1.807) is 12.1 Å². The van der Waals surface area contributed by atoms with E-state index >= 15 is 0 Å². The van der Waals surface area contributed by atoms with E-state index in [0.717, 1.165) is 12.1 Å². The van der Waals surface area contributed by atoms with E-state index in [4.69, 9.17) is 19.3 Å². The Labute approximate surface area is 152 Å². The van der Waals surface area contributed by atoms with Gasteiger partial charge in [0.1, 0.15) is 17.9 Å². The average molecular weight is 372 g/mol. The molecule has 1 N–H and O–H groups in total. The third kappa shape index (κ3) is 3.47. The van der Waals surface area contributed by atoms with Crippen molar-refractivity contribution in [3.8, 4) is 23.1 Å². The number of benzene rings is 2. The number of carbonyl (C=O) groups is 2. The largest absolute Gasteiger partial charge is 0.493 e. The first-order valence-electron chi connectivity index (χ1n) is 7.56. The predicted molar refractivity (Wildman–Crippen MR) is 91.1 cm³/mol. The summed E-state index contributed by atoms with van der Waals surface area (Å²) in [5, 5.41) is 9.18. The lowest BCUT2D eigenvalue weighted by Crippen LogP contribution is -2.14. The number of carboxylic acid groups (broad SMARTS) is 1. The van der Waals surface area contributed by atoms with Gasteiger partial charge in [-0.05, 0) is 18.2 Å². The van der Waals surface area contributed by atoms with Crippen LogP contribution in [0.1, 0.15) is 10.4 Å². The molecule has 0 spiro atoms. The summed E-state index contributed by atoms with van der Waals surface area (Å²) in [7, 11) is 2.96. The fourth-order valence-corrected chi connectivity index (χ4v) is 2.41. The Kier molecular flexibility index (Phi) is 4.84. The lowest BCUT2D eigenvalue weighted by atomic mass is 10.1. The summed E-state index contributed by atoms with van der Waals surface area (Å²) >= 11 is 0. The molecule has 0 bridgehead atoms. The molecular formula is C18H13FN2O6. The molecule has 0 aliphatic heterocycles. The Morgan fingerprint density at radius 1 is 1.04 bits per heavy atom. The Hall–Kier alpha value is -3.75. The molecule has 0 atom stereocenters. The number of aromatic nitrogens is 2. The van der Waals surface area contributed by atoms with Crippen molar-refractivity contribution in [3.63, 3.8) is 0 Å². The molecule has 1 aromatic heterocycles. The summed E-state index contributed by atoms with van der Waals surface area (Å²) in [6, 6.07) is 6.47. The maximum atomic E-state index is 14.1. The highest BCUT2D eigenvalue weighted by Gasteiger charge is 2.20. The SMILES string of the molecule is COc1cc2ncnc(Oc3ccc(C(=O)C(=O)O)c(F)c3)c2cc1OC. The number of halogens is 1. The smallest absolute Gasteiger partial charge is 0.377 e. The molecule has 0 unspecified atom stereocenters. The number of hydrogen-bond acceptors (Lipinski definition) is 7. The normalized spacial score (nSPS) is 10.5. The van der Waals surface area contributed by atoms with Crippen LogP contribution in [0, 0.1) is 5.82 Å². The molecule has 0 aliphatic rings.